The first-order chi connectivity index (χ1) is 10.7. The molecule has 0 saturated carbocycles. The minimum Gasteiger partial charge on any atom is -0.320 e. The molecule has 0 bridgehead atoms. The van der Waals surface area contributed by atoms with Crippen LogP contribution in [0.5, 0.6) is 0 Å². The van der Waals surface area contributed by atoms with E-state index >= 15 is 0 Å². The molecule has 1 aromatic carbocycles. The van der Waals surface area contributed by atoms with Gasteiger partial charge in [-0.15, -0.1) is 0 Å². The van der Waals surface area contributed by atoms with E-state index in [2.05, 4.69) is 10.3 Å². The normalized spacial score (nSPS) is 11.5. The number of nitrogens with one attached hydrogen (secondary N) is 1. The first-order valence-electron chi connectivity index (χ1n) is 6.99. The van der Waals surface area contributed by atoms with E-state index in [4.69, 9.17) is 0 Å². The maximum atomic E-state index is 12.3. The van der Waals surface area contributed by atoms with Gasteiger partial charge in [0.25, 0.3) is 5.91 Å². The SMILES string of the molecule is Cc1cc(S(=O)(=O)N(C)C)cc(NC(=O)c2ccccn2)c1C. The van der Waals surface area contributed by atoms with E-state index in [1.54, 1.807) is 31.2 Å². The summed E-state index contributed by atoms with van der Waals surface area (Å²) in [5, 5.41) is 2.73. The molecule has 0 radical (unpaired) electrons. The van der Waals surface area contributed by atoms with Crippen molar-refractivity contribution >= 4 is 21.6 Å². The standard InChI is InChI=1S/C16H19N3O3S/c1-11-9-13(23(21,22)19(3)4)10-15(12(11)2)18-16(20)14-7-5-6-8-17-14/h5-10H,1-4H3,(H,18,20). The molecule has 0 saturated heterocycles. The van der Waals surface area contributed by atoms with Gasteiger partial charge >= 0.3 is 0 Å². The zero-order valence-corrected chi connectivity index (χ0v) is 14.3. The molecule has 1 amide bonds. The van der Waals surface area contributed by atoms with Gasteiger partial charge in [0.2, 0.25) is 10.0 Å². The summed E-state index contributed by atoms with van der Waals surface area (Å²) < 4.78 is 25.7. The van der Waals surface area contributed by atoms with Crippen LogP contribution in [-0.2, 0) is 10.0 Å². The molecule has 1 aromatic heterocycles. The highest BCUT2D eigenvalue weighted by Crippen LogP contribution is 2.25. The molecular weight excluding hydrogens is 314 g/mol. The van der Waals surface area contributed by atoms with Crippen LogP contribution in [0.2, 0.25) is 0 Å². The molecule has 122 valence electrons. The Kier molecular flexibility index (Phi) is 4.82. The van der Waals surface area contributed by atoms with Crippen molar-refractivity contribution < 1.29 is 13.2 Å². The third-order valence-corrected chi connectivity index (χ3v) is 5.36. The van der Waals surface area contributed by atoms with Crippen LogP contribution >= 0.6 is 0 Å². The van der Waals surface area contributed by atoms with Gasteiger partial charge in [0, 0.05) is 26.0 Å². The lowest BCUT2D eigenvalue weighted by atomic mass is 10.1. The van der Waals surface area contributed by atoms with Gasteiger partial charge in [0.1, 0.15) is 5.69 Å². The molecule has 1 heterocycles. The molecular formula is C16H19N3O3S. The molecule has 7 heteroatoms. The van der Waals surface area contributed by atoms with E-state index in [-0.39, 0.29) is 16.5 Å². The van der Waals surface area contributed by atoms with Crippen LogP contribution in [0.25, 0.3) is 0 Å². The molecule has 2 aromatic rings. The molecule has 0 aliphatic rings. The van der Waals surface area contributed by atoms with E-state index in [1.807, 2.05) is 6.92 Å². The van der Waals surface area contributed by atoms with Gasteiger partial charge in [-0.2, -0.15) is 0 Å². The van der Waals surface area contributed by atoms with Crippen molar-refractivity contribution in [2.75, 3.05) is 19.4 Å². The average Bonchev–Trinajstić information content (AvgIpc) is 2.52. The predicted octanol–water partition coefficient (Wildman–Crippen LogP) is 2.20. The van der Waals surface area contributed by atoms with E-state index in [0.29, 0.717) is 5.69 Å². The Morgan fingerprint density at radius 3 is 2.43 bits per heavy atom. The van der Waals surface area contributed by atoms with Gasteiger partial charge in [-0.1, -0.05) is 6.07 Å². The van der Waals surface area contributed by atoms with Crippen molar-refractivity contribution in [1.29, 1.82) is 0 Å². The summed E-state index contributed by atoms with van der Waals surface area (Å²) in [6.07, 6.45) is 1.53. The molecule has 0 atom stereocenters. The van der Waals surface area contributed by atoms with Crippen molar-refractivity contribution in [1.82, 2.24) is 9.29 Å². The molecule has 23 heavy (non-hydrogen) atoms. The molecule has 0 unspecified atom stereocenters. The number of rotatable bonds is 4. The lowest BCUT2D eigenvalue weighted by molar-refractivity contribution is 0.102. The summed E-state index contributed by atoms with van der Waals surface area (Å²) >= 11 is 0. The second-order valence-electron chi connectivity index (χ2n) is 5.37. The summed E-state index contributed by atoms with van der Waals surface area (Å²) in [6, 6.07) is 8.10. The molecule has 6 nitrogen and oxygen atoms in total. The maximum Gasteiger partial charge on any atom is 0.274 e. The van der Waals surface area contributed by atoms with E-state index in [1.165, 1.54) is 26.4 Å². The Labute approximate surface area is 136 Å². The number of amides is 1. The number of nitrogens with zero attached hydrogens (tertiary/aromatic N) is 2. The van der Waals surface area contributed by atoms with Gasteiger partial charge in [0.15, 0.2) is 0 Å². The molecule has 0 aliphatic carbocycles. The van der Waals surface area contributed by atoms with Crippen LogP contribution in [-0.4, -0.2) is 37.7 Å². The van der Waals surface area contributed by atoms with Crippen LogP contribution in [0.15, 0.2) is 41.4 Å². The summed E-state index contributed by atoms with van der Waals surface area (Å²) in [5.41, 5.74) is 2.32. The fourth-order valence-corrected chi connectivity index (χ4v) is 3.01. The van der Waals surface area contributed by atoms with Crippen molar-refractivity contribution in [3.05, 3.63) is 53.3 Å². The minimum absolute atomic E-state index is 0.141. The van der Waals surface area contributed by atoms with Crippen LogP contribution in [0, 0.1) is 13.8 Å². The third kappa shape index (κ3) is 3.57. The largest absolute Gasteiger partial charge is 0.320 e. The molecule has 0 aliphatic heterocycles. The summed E-state index contributed by atoms with van der Waals surface area (Å²) in [4.78, 5) is 16.4. The van der Waals surface area contributed by atoms with Crippen LogP contribution in [0.4, 0.5) is 5.69 Å². The van der Waals surface area contributed by atoms with Crippen molar-refractivity contribution in [3.8, 4) is 0 Å². The second-order valence-corrected chi connectivity index (χ2v) is 7.52. The quantitative estimate of drug-likeness (QED) is 0.930. The van der Waals surface area contributed by atoms with Crippen LogP contribution in [0.1, 0.15) is 21.6 Å². The number of aryl methyl sites for hydroxylation is 1. The Hall–Kier alpha value is -2.25. The summed E-state index contributed by atoms with van der Waals surface area (Å²) in [5.74, 6) is -0.382. The zero-order valence-electron chi connectivity index (χ0n) is 13.5. The number of carbonyl (C=O) groups excluding carboxylic acids is 1. The number of carbonyl (C=O) groups is 1. The average molecular weight is 333 g/mol. The second kappa shape index (κ2) is 6.47. The van der Waals surface area contributed by atoms with E-state index in [9.17, 15) is 13.2 Å². The minimum atomic E-state index is -3.57. The summed E-state index contributed by atoms with van der Waals surface area (Å²) in [6.45, 7) is 3.63. The number of anilines is 1. The van der Waals surface area contributed by atoms with Gasteiger partial charge < -0.3 is 5.32 Å². The highest BCUT2D eigenvalue weighted by Gasteiger charge is 2.20. The topological polar surface area (TPSA) is 79.4 Å². The van der Waals surface area contributed by atoms with Crippen molar-refractivity contribution in [2.24, 2.45) is 0 Å². The number of hydrogen-bond donors (Lipinski definition) is 1. The Bertz CT molecular complexity index is 831. The third-order valence-electron chi connectivity index (χ3n) is 3.57. The highest BCUT2D eigenvalue weighted by atomic mass is 32.2. The molecule has 1 N–H and O–H groups in total. The van der Waals surface area contributed by atoms with E-state index < -0.39 is 10.0 Å². The highest BCUT2D eigenvalue weighted by molar-refractivity contribution is 7.89. The van der Waals surface area contributed by atoms with Crippen molar-refractivity contribution in [3.63, 3.8) is 0 Å². The lowest BCUT2D eigenvalue weighted by Crippen LogP contribution is -2.23. The summed E-state index contributed by atoms with van der Waals surface area (Å²) in [7, 11) is -0.635. The molecule has 0 fully saturated rings. The number of pyridine rings is 1. The molecule has 0 spiro atoms. The van der Waals surface area contributed by atoms with E-state index in [0.717, 1.165) is 15.4 Å². The number of hydrogen-bond acceptors (Lipinski definition) is 4. The van der Waals surface area contributed by atoms with Crippen molar-refractivity contribution in [2.45, 2.75) is 18.7 Å². The fraction of sp³-hybridized carbons (Fsp3) is 0.250. The maximum absolute atomic E-state index is 12.3. The Morgan fingerprint density at radius 1 is 1.17 bits per heavy atom. The number of aromatic nitrogens is 1. The lowest BCUT2D eigenvalue weighted by Gasteiger charge is -2.16. The number of sulfonamides is 1. The van der Waals surface area contributed by atoms with Gasteiger partial charge in [-0.05, 0) is 49.2 Å². The van der Waals surface area contributed by atoms with Crippen LogP contribution < -0.4 is 5.32 Å². The van der Waals surface area contributed by atoms with Gasteiger partial charge in [-0.25, -0.2) is 12.7 Å². The smallest absolute Gasteiger partial charge is 0.274 e. The van der Waals surface area contributed by atoms with Crippen LogP contribution in [0.3, 0.4) is 0 Å². The van der Waals surface area contributed by atoms with Gasteiger partial charge in [-0.3, -0.25) is 9.78 Å². The first-order valence-corrected chi connectivity index (χ1v) is 8.43. The number of benzene rings is 1. The fourth-order valence-electron chi connectivity index (χ4n) is 2.00. The predicted molar refractivity (Wildman–Crippen MR) is 89.0 cm³/mol. The van der Waals surface area contributed by atoms with Gasteiger partial charge in [0.05, 0.1) is 4.90 Å². The first kappa shape index (κ1) is 17.1. The Balaban J connectivity index is 2.43. The molecule has 2 rings (SSSR count). The zero-order chi connectivity index (χ0) is 17.2. The monoisotopic (exact) mass is 333 g/mol. The Morgan fingerprint density at radius 2 is 1.87 bits per heavy atom.